The molecule has 1 aliphatic rings. The zero-order valence-electron chi connectivity index (χ0n) is 17.3. The number of carbonyl (C=O) groups is 3. The van der Waals surface area contributed by atoms with E-state index in [0.717, 1.165) is 12.0 Å². The summed E-state index contributed by atoms with van der Waals surface area (Å²) in [6.45, 7) is 4.45. The summed E-state index contributed by atoms with van der Waals surface area (Å²) < 4.78 is 18.5. The van der Waals surface area contributed by atoms with E-state index in [1.54, 1.807) is 24.0 Å². The van der Waals surface area contributed by atoms with Crippen molar-refractivity contribution in [1.82, 2.24) is 4.90 Å². The van der Waals surface area contributed by atoms with Gasteiger partial charge >= 0.3 is 5.97 Å². The highest BCUT2D eigenvalue weighted by atomic mass is 19.1. The van der Waals surface area contributed by atoms with Crippen LogP contribution in [0.15, 0.2) is 48.5 Å². The lowest BCUT2D eigenvalue weighted by Crippen LogP contribution is -2.41. The largest absolute Gasteiger partial charge is 0.454 e. The fourth-order valence-corrected chi connectivity index (χ4v) is 3.56. The second-order valence-corrected chi connectivity index (χ2v) is 7.57. The Bertz CT molecular complexity index is 900. The number of hydrogen-bond donors (Lipinski definition) is 0. The zero-order valence-corrected chi connectivity index (χ0v) is 17.3. The lowest BCUT2D eigenvalue weighted by molar-refractivity contribution is -0.152. The van der Waals surface area contributed by atoms with Crippen LogP contribution in [-0.4, -0.2) is 41.8 Å². The molecule has 158 valence electrons. The van der Waals surface area contributed by atoms with Crippen LogP contribution in [-0.2, 0) is 16.0 Å². The molecular formula is C24H26FNO4. The monoisotopic (exact) mass is 411 g/mol. The summed E-state index contributed by atoms with van der Waals surface area (Å²) in [6, 6.07) is 12.7. The number of rotatable bonds is 6. The van der Waals surface area contributed by atoms with Gasteiger partial charge in [-0.3, -0.25) is 14.4 Å². The van der Waals surface area contributed by atoms with Crippen molar-refractivity contribution < 1.29 is 23.5 Å². The number of hydrogen-bond acceptors (Lipinski definition) is 4. The van der Waals surface area contributed by atoms with Crippen LogP contribution in [0.3, 0.4) is 0 Å². The van der Waals surface area contributed by atoms with Crippen LogP contribution >= 0.6 is 0 Å². The van der Waals surface area contributed by atoms with Crippen LogP contribution in [0.2, 0.25) is 0 Å². The SMILES string of the molecule is CCc1ccc(C(=O)C(C)OC(=O)C2CCN(C(=O)c3ccc(F)cc3)CC2)cc1. The molecule has 0 spiro atoms. The Labute approximate surface area is 175 Å². The molecule has 0 aromatic heterocycles. The van der Waals surface area contributed by atoms with Gasteiger partial charge in [-0.25, -0.2) is 4.39 Å². The van der Waals surface area contributed by atoms with Gasteiger partial charge < -0.3 is 9.64 Å². The van der Waals surface area contributed by atoms with Crippen molar-refractivity contribution in [3.8, 4) is 0 Å². The summed E-state index contributed by atoms with van der Waals surface area (Å²) >= 11 is 0. The van der Waals surface area contributed by atoms with Crippen molar-refractivity contribution in [2.24, 2.45) is 5.92 Å². The molecule has 1 atom stereocenters. The number of aryl methyl sites for hydroxylation is 1. The highest BCUT2D eigenvalue weighted by Gasteiger charge is 2.31. The Kier molecular flexibility index (Phi) is 6.98. The Morgan fingerprint density at radius 1 is 1.00 bits per heavy atom. The van der Waals surface area contributed by atoms with Crippen LogP contribution in [0, 0.1) is 11.7 Å². The highest BCUT2D eigenvalue weighted by molar-refractivity contribution is 6.00. The fourth-order valence-electron chi connectivity index (χ4n) is 3.56. The Morgan fingerprint density at radius 3 is 2.13 bits per heavy atom. The van der Waals surface area contributed by atoms with Gasteiger partial charge in [-0.2, -0.15) is 0 Å². The van der Waals surface area contributed by atoms with Crippen LogP contribution < -0.4 is 0 Å². The number of likely N-dealkylation sites (tertiary alicyclic amines) is 1. The van der Waals surface area contributed by atoms with Gasteiger partial charge in [-0.1, -0.05) is 31.2 Å². The van der Waals surface area contributed by atoms with Crippen molar-refractivity contribution in [2.45, 2.75) is 39.2 Å². The summed E-state index contributed by atoms with van der Waals surface area (Å²) in [6.07, 6.45) is 0.973. The molecule has 1 aliphatic heterocycles. The maximum Gasteiger partial charge on any atom is 0.309 e. The summed E-state index contributed by atoms with van der Waals surface area (Å²) in [5, 5.41) is 0. The predicted octanol–water partition coefficient (Wildman–Crippen LogP) is 4.05. The van der Waals surface area contributed by atoms with Gasteiger partial charge in [0, 0.05) is 24.2 Å². The van der Waals surface area contributed by atoms with E-state index in [2.05, 4.69) is 0 Å². The fraction of sp³-hybridized carbons (Fsp3) is 0.375. The van der Waals surface area contributed by atoms with Crippen molar-refractivity contribution in [1.29, 1.82) is 0 Å². The summed E-state index contributed by atoms with van der Waals surface area (Å²) in [5.74, 6) is -1.55. The number of ether oxygens (including phenoxy) is 1. The number of carbonyl (C=O) groups excluding carboxylic acids is 3. The van der Waals surface area contributed by atoms with Crippen LogP contribution in [0.1, 0.15) is 53.0 Å². The van der Waals surface area contributed by atoms with Crippen molar-refractivity contribution in [2.75, 3.05) is 13.1 Å². The van der Waals surface area contributed by atoms with Crippen LogP contribution in [0.25, 0.3) is 0 Å². The Hall–Kier alpha value is -3.02. The van der Waals surface area contributed by atoms with Gasteiger partial charge in [-0.15, -0.1) is 0 Å². The molecule has 2 aromatic carbocycles. The third-order valence-electron chi connectivity index (χ3n) is 5.52. The maximum absolute atomic E-state index is 13.0. The number of halogens is 1. The molecule has 1 heterocycles. The van der Waals surface area contributed by atoms with E-state index in [9.17, 15) is 18.8 Å². The number of ketones is 1. The van der Waals surface area contributed by atoms with Crippen molar-refractivity contribution >= 4 is 17.7 Å². The first-order valence-corrected chi connectivity index (χ1v) is 10.3. The number of piperidine rings is 1. The third-order valence-corrected chi connectivity index (χ3v) is 5.52. The molecule has 5 nitrogen and oxygen atoms in total. The quantitative estimate of drug-likeness (QED) is 0.531. The lowest BCUT2D eigenvalue weighted by Gasteiger charge is -2.31. The average Bonchev–Trinajstić information content (AvgIpc) is 2.78. The molecule has 6 heteroatoms. The lowest BCUT2D eigenvalue weighted by atomic mass is 9.96. The van der Waals surface area contributed by atoms with Crippen LogP contribution in [0.5, 0.6) is 0 Å². The standard InChI is InChI=1S/C24H26FNO4/c1-3-17-4-6-18(7-5-17)22(27)16(2)30-24(29)20-12-14-26(15-13-20)23(28)19-8-10-21(25)11-9-19/h4-11,16,20H,3,12-15H2,1-2H3. The number of nitrogens with zero attached hydrogens (tertiary/aromatic N) is 1. The van der Waals surface area contributed by atoms with E-state index in [1.165, 1.54) is 24.3 Å². The Morgan fingerprint density at radius 2 is 1.57 bits per heavy atom. The topological polar surface area (TPSA) is 63.7 Å². The highest BCUT2D eigenvalue weighted by Crippen LogP contribution is 2.22. The number of Topliss-reactive ketones (excluding diaryl/α,β-unsaturated/α-hetero) is 1. The normalized spacial score (nSPS) is 15.5. The van der Waals surface area contributed by atoms with Gasteiger partial charge in [0.15, 0.2) is 6.10 Å². The van der Waals surface area contributed by atoms with E-state index in [0.29, 0.717) is 37.1 Å². The van der Waals surface area contributed by atoms with Gasteiger partial charge in [0.25, 0.3) is 5.91 Å². The molecule has 0 aliphatic carbocycles. The molecule has 1 saturated heterocycles. The second kappa shape index (κ2) is 9.65. The first-order valence-electron chi connectivity index (χ1n) is 10.3. The summed E-state index contributed by atoms with van der Waals surface area (Å²) in [4.78, 5) is 39.2. The first-order chi connectivity index (χ1) is 14.4. The number of benzene rings is 2. The molecule has 0 N–H and O–H groups in total. The van der Waals surface area contributed by atoms with Crippen molar-refractivity contribution in [3.63, 3.8) is 0 Å². The smallest absolute Gasteiger partial charge is 0.309 e. The first kappa shape index (κ1) is 21.7. The minimum atomic E-state index is -0.858. The maximum atomic E-state index is 13.0. The molecule has 1 unspecified atom stereocenters. The van der Waals surface area contributed by atoms with Gasteiger partial charge in [0.05, 0.1) is 5.92 Å². The van der Waals surface area contributed by atoms with E-state index in [4.69, 9.17) is 4.74 Å². The van der Waals surface area contributed by atoms with Gasteiger partial charge in [0.2, 0.25) is 5.78 Å². The third kappa shape index (κ3) is 5.12. The molecule has 1 amide bonds. The van der Waals surface area contributed by atoms with E-state index >= 15 is 0 Å². The molecule has 30 heavy (non-hydrogen) atoms. The van der Waals surface area contributed by atoms with E-state index < -0.39 is 17.9 Å². The van der Waals surface area contributed by atoms with E-state index in [1.807, 2.05) is 19.1 Å². The molecule has 0 bridgehead atoms. The zero-order chi connectivity index (χ0) is 21.7. The molecule has 1 fully saturated rings. The molecular weight excluding hydrogens is 385 g/mol. The molecule has 0 radical (unpaired) electrons. The molecule has 3 rings (SSSR count). The summed E-state index contributed by atoms with van der Waals surface area (Å²) in [5.41, 5.74) is 2.08. The average molecular weight is 411 g/mol. The minimum Gasteiger partial charge on any atom is -0.454 e. The van der Waals surface area contributed by atoms with Crippen LogP contribution in [0.4, 0.5) is 4.39 Å². The molecule has 0 saturated carbocycles. The minimum absolute atomic E-state index is 0.180. The van der Waals surface area contributed by atoms with E-state index in [-0.39, 0.29) is 17.6 Å². The Balaban J connectivity index is 1.51. The predicted molar refractivity (Wildman–Crippen MR) is 111 cm³/mol. The van der Waals surface area contributed by atoms with Gasteiger partial charge in [-0.05, 0) is 56.0 Å². The second-order valence-electron chi connectivity index (χ2n) is 7.57. The van der Waals surface area contributed by atoms with Gasteiger partial charge in [0.1, 0.15) is 5.82 Å². The number of amides is 1. The summed E-state index contributed by atoms with van der Waals surface area (Å²) in [7, 11) is 0. The van der Waals surface area contributed by atoms with Crippen molar-refractivity contribution in [3.05, 3.63) is 71.0 Å². The number of esters is 1. The molecule has 2 aromatic rings.